The van der Waals surface area contributed by atoms with Gasteiger partial charge in [-0.1, -0.05) is 20.8 Å². The molecule has 2 N–H and O–H groups in total. The zero-order valence-corrected chi connectivity index (χ0v) is 17.4. The van der Waals surface area contributed by atoms with Crippen molar-refractivity contribution in [2.45, 2.75) is 40.7 Å². The molecule has 1 fully saturated rings. The number of nitrogens with one attached hydrogen (secondary N) is 2. The molecule has 0 aromatic heterocycles. The van der Waals surface area contributed by atoms with E-state index in [0.29, 0.717) is 12.0 Å². The van der Waals surface area contributed by atoms with Gasteiger partial charge in [0.25, 0.3) is 0 Å². The Kier molecular flexibility index (Phi) is 12.3. The predicted molar refractivity (Wildman–Crippen MR) is 107 cm³/mol. The highest BCUT2D eigenvalue weighted by atomic mass is 127. The quantitative estimate of drug-likeness (QED) is 0.371. The van der Waals surface area contributed by atoms with Crippen LogP contribution in [0.15, 0.2) is 4.99 Å². The number of hydrogen-bond acceptors (Lipinski definition) is 3. The number of likely N-dealkylation sites (N-methyl/N-ethyl adjacent to an activating group) is 1. The molecule has 1 heterocycles. The van der Waals surface area contributed by atoms with Crippen LogP contribution < -0.4 is 10.6 Å². The molecule has 0 aromatic carbocycles. The van der Waals surface area contributed by atoms with Gasteiger partial charge < -0.3 is 15.5 Å². The maximum atomic E-state index is 4.62. The number of hydrogen-bond donors (Lipinski definition) is 2. The van der Waals surface area contributed by atoms with E-state index in [1.54, 1.807) is 0 Å². The molecular weight excluding hydrogens is 389 g/mol. The average Bonchev–Trinajstić information content (AvgIpc) is 2.49. The largest absolute Gasteiger partial charge is 0.357 e. The lowest BCUT2D eigenvalue weighted by molar-refractivity contribution is 0.107. The molecule has 1 saturated heterocycles. The third-order valence-electron chi connectivity index (χ3n) is 4.00. The zero-order valence-electron chi connectivity index (χ0n) is 15.1. The molecule has 0 bridgehead atoms. The van der Waals surface area contributed by atoms with Gasteiger partial charge >= 0.3 is 0 Å². The van der Waals surface area contributed by atoms with Crippen molar-refractivity contribution in [3.05, 3.63) is 0 Å². The van der Waals surface area contributed by atoms with Crippen molar-refractivity contribution >= 4 is 29.9 Å². The number of aliphatic imine (C=N–C) groups is 1. The summed E-state index contributed by atoms with van der Waals surface area (Å²) in [7, 11) is 0. The van der Waals surface area contributed by atoms with Crippen LogP contribution in [-0.4, -0.2) is 74.2 Å². The van der Waals surface area contributed by atoms with E-state index in [9.17, 15) is 0 Å². The number of rotatable bonds is 7. The van der Waals surface area contributed by atoms with Crippen LogP contribution >= 0.6 is 24.0 Å². The fourth-order valence-corrected chi connectivity index (χ4v) is 2.51. The molecule has 6 heteroatoms. The van der Waals surface area contributed by atoms with Crippen molar-refractivity contribution in [3.63, 3.8) is 0 Å². The van der Waals surface area contributed by atoms with Crippen LogP contribution in [0.25, 0.3) is 0 Å². The van der Waals surface area contributed by atoms with Crippen LogP contribution in [0.5, 0.6) is 0 Å². The molecular formula is C16H36IN5. The third-order valence-corrected chi connectivity index (χ3v) is 4.00. The second kappa shape index (κ2) is 12.4. The summed E-state index contributed by atoms with van der Waals surface area (Å²) in [6.45, 7) is 19.7. The average molecular weight is 425 g/mol. The Hall–Kier alpha value is -0.0800. The summed E-state index contributed by atoms with van der Waals surface area (Å²) < 4.78 is 0. The molecule has 132 valence electrons. The highest BCUT2D eigenvalue weighted by Crippen LogP contribution is 2.05. The first kappa shape index (κ1) is 21.9. The van der Waals surface area contributed by atoms with E-state index in [1.165, 1.54) is 32.7 Å². The van der Waals surface area contributed by atoms with Crippen LogP contribution in [-0.2, 0) is 0 Å². The normalized spacial score (nSPS) is 18.9. The third kappa shape index (κ3) is 8.53. The SMILES string of the molecule is CCNC(=NCC(C)C)NCC(C)N1CCN(CC)CC1.I. The van der Waals surface area contributed by atoms with Crippen molar-refractivity contribution in [2.75, 3.05) is 52.4 Å². The summed E-state index contributed by atoms with van der Waals surface area (Å²) in [5.74, 6) is 1.55. The predicted octanol–water partition coefficient (Wildman–Crippen LogP) is 1.84. The second-order valence-electron chi connectivity index (χ2n) is 6.31. The van der Waals surface area contributed by atoms with E-state index >= 15 is 0 Å². The summed E-state index contributed by atoms with van der Waals surface area (Å²) in [6, 6.07) is 0.548. The second-order valence-corrected chi connectivity index (χ2v) is 6.31. The Morgan fingerprint density at radius 3 is 2.18 bits per heavy atom. The molecule has 0 aromatic rings. The molecule has 1 atom stereocenters. The molecule has 0 saturated carbocycles. The van der Waals surface area contributed by atoms with E-state index in [2.05, 4.69) is 60.0 Å². The molecule has 1 aliphatic rings. The van der Waals surface area contributed by atoms with Crippen molar-refractivity contribution in [1.82, 2.24) is 20.4 Å². The van der Waals surface area contributed by atoms with Gasteiger partial charge in [0, 0.05) is 51.9 Å². The van der Waals surface area contributed by atoms with E-state index in [-0.39, 0.29) is 24.0 Å². The van der Waals surface area contributed by atoms with E-state index in [1.807, 2.05) is 0 Å². The highest BCUT2D eigenvalue weighted by Gasteiger charge is 2.20. The van der Waals surface area contributed by atoms with Crippen LogP contribution in [0.1, 0.15) is 34.6 Å². The first-order valence-corrected chi connectivity index (χ1v) is 8.55. The van der Waals surface area contributed by atoms with Gasteiger partial charge in [0.1, 0.15) is 0 Å². The van der Waals surface area contributed by atoms with Gasteiger partial charge in [-0.05, 0) is 26.3 Å². The Balaban J connectivity index is 0.00000441. The number of nitrogens with zero attached hydrogens (tertiary/aromatic N) is 3. The lowest BCUT2D eigenvalue weighted by Gasteiger charge is -2.37. The highest BCUT2D eigenvalue weighted by molar-refractivity contribution is 14.0. The molecule has 22 heavy (non-hydrogen) atoms. The van der Waals surface area contributed by atoms with Gasteiger partial charge in [-0.15, -0.1) is 24.0 Å². The van der Waals surface area contributed by atoms with Crippen LogP contribution in [0, 0.1) is 5.92 Å². The van der Waals surface area contributed by atoms with Gasteiger partial charge in [0.2, 0.25) is 0 Å². The first-order valence-electron chi connectivity index (χ1n) is 8.55. The smallest absolute Gasteiger partial charge is 0.191 e. The Bertz CT molecular complexity index is 301. The van der Waals surface area contributed by atoms with Crippen molar-refractivity contribution in [2.24, 2.45) is 10.9 Å². The Morgan fingerprint density at radius 2 is 1.68 bits per heavy atom. The minimum absolute atomic E-state index is 0. The van der Waals surface area contributed by atoms with Gasteiger partial charge in [0.15, 0.2) is 5.96 Å². The lowest BCUT2D eigenvalue weighted by atomic mass is 10.2. The minimum Gasteiger partial charge on any atom is -0.357 e. The number of piperazine rings is 1. The molecule has 5 nitrogen and oxygen atoms in total. The molecule has 0 radical (unpaired) electrons. The lowest BCUT2D eigenvalue weighted by Crippen LogP contribution is -2.53. The van der Waals surface area contributed by atoms with Crippen LogP contribution in [0.3, 0.4) is 0 Å². The van der Waals surface area contributed by atoms with Crippen molar-refractivity contribution < 1.29 is 0 Å². The van der Waals surface area contributed by atoms with Gasteiger partial charge in [0.05, 0.1) is 0 Å². The number of guanidine groups is 1. The summed E-state index contributed by atoms with van der Waals surface area (Å²) in [6.07, 6.45) is 0. The summed E-state index contributed by atoms with van der Waals surface area (Å²) in [4.78, 5) is 9.72. The van der Waals surface area contributed by atoms with Crippen LogP contribution in [0.4, 0.5) is 0 Å². The fourth-order valence-electron chi connectivity index (χ4n) is 2.51. The molecule has 0 aliphatic carbocycles. The van der Waals surface area contributed by atoms with E-state index in [0.717, 1.165) is 25.6 Å². The van der Waals surface area contributed by atoms with E-state index in [4.69, 9.17) is 0 Å². The zero-order chi connectivity index (χ0) is 15.7. The van der Waals surface area contributed by atoms with Crippen molar-refractivity contribution in [3.8, 4) is 0 Å². The summed E-state index contributed by atoms with van der Waals surface area (Å²) in [5, 5.41) is 6.81. The van der Waals surface area contributed by atoms with Crippen LogP contribution in [0.2, 0.25) is 0 Å². The fraction of sp³-hybridized carbons (Fsp3) is 0.938. The molecule has 1 unspecified atom stereocenters. The monoisotopic (exact) mass is 425 g/mol. The summed E-state index contributed by atoms with van der Waals surface area (Å²) in [5.41, 5.74) is 0. The maximum absolute atomic E-state index is 4.62. The molecule has 1 aliphatic heterocycles. The van der Waals surface area contributed by atoms with Crippen molar-refractivity contribution in [1.29, 1.82) is 0 Å². The first-order chi connectivity index (χ1) is 10.1. The van der Waals surface area contributed by atoms with Gasteiger partial charge in [-0.25, -0.2) is 0 Å². The Labute approximate surface area is 154 Å². The van der Waals surface area contributed by atoms with E-state index < -0.39 is 0 Å². The molecule has 0 amide bonds. The minimum atomic E-state index is 0. The van der Waals surface area contributed by atoms with Gasteiger partial charge in [-0.2, -0.15) is 0 Å². The topological polar surface area (TPSA) is 42.9 Å². The summed E-state index contributed by atoms with van der Waals surface area (Å²) >= 11 is 0. The van der Waals surface area contributed by atoms with Gasteiger partial charge in [-0.3, -0.25) is 9.89 Å². The molecule has 1 rings (SSSR count). The maximum Gasteiger partial charge on any atom is 0.191 e. The number of halogens is 1. The Morgan fingerprint density at radius 1 is 1.05 bits per heavy atom. The standard InChI is InChI=1S/C16H35N5.HI/c1-6-17-16(18-12-14(3)4)19-13-15(5)21-10-8-20(7-2)9-11-21;/h14-15H,6-13H2,1-5H3,(H2,17,18,19);1H. The molecule has 0 spiro atoms.